The number of fused-ring (bicyclic) bond motifs is 1. The molecule has 0 atom stereocenters. The summed E-state index contributed by atoms with van der Waals surface area (Å²) in [7, 11) is 0. The Bertz CT molecular complexity index is 2890. The summed E-state index contributed by atoms with van der Waals surface area (Å²) in [6.07, 6.45) is -7.22. The number of hydrogen-bond donors (Lipinski definition) is 0. The van der Waals surface area contributed by atoms with Gasteiger partial charge in [-0.05, 0) is 18.2 Å². The maximum Gasteiger partial charge on any atom is 0.270 e. The lowest BCUT2D eigenvalue weighted by molar-refractivity contribution is -0.647. The van der Waals surface area contributed by atoms with Crippen LogP contribution in [0.1, 0.15) is 5.56 Å². The van der Waals surface area contributed by atoms with Gasteiger partial charge in [-0.1, -0.05) is 72.0 Å². The Hall–Kier alpha value is -6.91. The number of aromatic nitrogens is 1. The van der Waals surface area contributed by atoms with Crippen LogP contribution in [0.2, 0.25) is 0 Å². The van der Waals surface area contributed by atoms with Crippen molar-refractivity contribution in [2.75, 3.05) is 0 Å². The predicted octanol–water partition coefficient (Wildman–Crippen LogP) is 10.8. The van der Waals surface area contributed by atoms with E-state index in [1.165, 1.54) is 26.4 Å². The quantitative estimate of drug-likeness (QED) is 0.0493. The molecule has 0 saturated carbocycles. The van der Waals surface area contributed by atoms with Crippen molar-refractivity contribution < 1.29 is 92.4 Å². The van der Waals surface area contributed by atoms with E-state index < -0.39 is 144 Å². The fourth-order valence-corrected chi connectivity index (χ4v) is 8.79. The van der Waals surface area contributed by atoms with Crippen molar-refractivity contribution in [3.8, 4) is 10.6 Å². The van der Waals surface area contributed by atoms with Crippen LogP contribution in [0.25, 0.3) is 20.8 Å². The van der Waals surface area contributed by atoms with Gasteiger partial charge in [0.15, 0.2) is 76.4 Å². The molecule has 0 aliphatic heterocycles. The minimum Gasteiger partial charge on any atom is -0.207 e. The van der Waals surface area contributed by atoms with Crippen LogP contribution in [0.4, 0.5) is 87.8 Å². The number of halogens is 20. The fourth-order valence-electron chi connectivity index (χ4n) is 7.63. The lowest BCUT2D eigenvalue weighted by atomic mass is 9.12. The van der Waals surface area contributed by atoms with Crippen LogP contribution >= 0.6 is 11.3 Å². The van der Waals surface area contributed by atoms with E-state index in [2.05, 4.69) is 89.5 Å². The summed E-state index contributed by atoms with van der Waals surface area (Å²) in [4.78, 5) is 0. The van der Waals surface area contributed by atoms with Gasteiger partial charge in [-0.15, -0.1) is 21.9 Å². The summed E-state index contributed by atoms with van der Waals surface area (Å²) in [5.41, 5.74) is -10.4. The van der Waals surface area contributed by atoms with Gasteiger partial charge in [0.2, 0.25) is 5.52 Å². The minimum atomic E-state index is -7.22. The highest BCUT2D eigenvalue weighted by Crippen LogP contribution is 2.32. The van der Waals surface area contributed by atoms with Gasteiger partial charge in [-0.2, -0.15) is 4.57 Å². The zero-order valence-electron chi connectivity index (χ0n) is 32.3. The lowest BCUT2D eigenvalue weighted by Crippen LogP contribution is -2.81. The number of thiazole rings is 1. The molecule has 1 nitrogen and oxygen atoms in total. The molecule has 0 N–H and O–H groups in total. The Morgan fingerprint density at radius 3 is 0.910 bits per heavy atom. The number of hydrogen-bond acceptors (Lipinski definition) is 1. The van der Waals surface area contributed by atoms with Gasteiger partial charge < -0.3 is 0 Å². The summed E-state index contributed by atoms with van der Waals surface area (Å²) < 4.78 is 298. The molecule has 346 valence electrons. The third-order valence-corrected chi connectivity index (χ3v) is 11.7. The molecule has 0 saturated heterocycles. The van der Waals surface area contributed by atoms with E-state index in [0.29, 0.717) is 0 Å². The van der Waals surface area contributed by atoms with Crippen LogP contribution in [-0.4, -0.2) is 6.15 Å². The van der Waals surface area contributed by atoms with E-state index in [4.69, 9.17) is 0 Å². The van der Waals surface area contributed by atoms with E-state index in [-0.39, 0.29) is 0 Å². The lowest BCUT2D eigenvalue weighted by Gasteiger charge is -2.44. The van der Waals surface area contributed by atoms with Crippen molar-refractivity contribution in [3.05, 3.63) is 207 Å². The Balaban J connectivity index is 0.000000250. The van der Waals surface area contributed by atoms with Crippen LogP contribution in [0.5, 0.6) is 0 Å². The summed E-state index contributed by atoms with van der Waals surface area (Å²) in [5.74, 6) is -71.4. The van der Waals surface area contributed by atoms with Crippen molar-refractivity contribution in [2.45, 2.75) is 6.54 Å². The minimum absolute atomic E-state index is 0.898. The average Bonchev–Trinajstić information content (AvgIpc) is 3.70. The third-order valence-electron chi connectivity index (χ3n) is 10.5. The molecule has 23 heteroatoms. The highest BCUT2D eigenvalue weighted by atomic mass is 32.1. The van der Waals surface area contributed by atoms with Crippen LogP contribution in [0.15, 0.2) is 84.9 Å². The van der Waals surface area contributed by atoms with Gasteiger partial charge in [0.25, 0.3) is 5.01 Å². The van der Waals surface area contributed by atoms with Crippen LogP contribution in [-0.2, 0) is 6.54 Å². The zero-order chi connectivity index (χ0) is 49.1. The van der Waals surface area contributed by atoms with Crippen LogP contribution in [0.3, 0.4) is 0 Å². The van der Waals surface area contributed by atoms with Crippen LogP contribution in [0, 0.1) is 116 Å². The fraction of sp³-hybridized carbons (Fsp3) is 0.0227. The van der Waals surface area contributed by atoms with Crippen molar-refractivity contribution in [2.24, 2.45) is 0 Å². The first kappa shape index (κ1) is 48.0. The smallest absolute Gasteiger partial charge is 0.207 e. The van der Waals surface area contributed by atoms with Crippen molar-refractivity contribution in [1.82, 2.24) is 0 Å². The average molecular weight is 981 g/mol. The summed E-state index contributed by atoms with van der Waals surface area (Å²) in [5, 5.41) is 1.31. The van der Waals surface area contributed by atoms with E-state index >= 15 is 35.1 Å². The molecule has 0 unspecified atom stereocenters. The van der Waals surface area contributed by atoms with Crippen molar-refractivity contribution in [3.63, 3.8) is 0 Å². The molecule has 0 radical (unpaired) electrons. The van der Waals surface area contributed by atoms with E-state index in [1.807, 2.05) is 11.3 Å². The maximum atomic E-state index is 15.4. The van der Waals surface area contributed by atoms with E-state index in [0.717, 1.165) is 6.54 Å². The second-order valence-corrected chi connectivity index (χ2v) is 15.1. The van der Waals surface area contributed by atoms with Gasteiger partial charge >= 0.3 is 0 Å². The first-order chi connectivity index (χ1) is 31.6. The van der Waals surface area contributed by atoms with Gasteiger partial charge in [-0.25, -0.2) is 87.8 Å². The molecule has 0 fully saturated rings. The van der Waals surface area contributed by atoms with Gasteiger partial charge in [0.05, 0.1) is 5.56 Å². The number of benzene rings is 7. The molecule has 8 rings (SSSR count). The third kappa shape index (κ3) is 7.52. The number of nitrogens with zero attached hydrogens (tertiary/aromatic N) is 1. The van der Waals surface area contributed by atoms with Gasteiger partial charge in [0, 0.05) is 11.6 Å². The maximum absolute atomic E-state index is 15.4. The first-order valence-electron chi connectivity index (χ1n) is 18.4. The molecule has 7 aromatic carbocycles. The summed E-state index contributed by atoms with van der Waals surface area (Å²) in [6.45, 7) is 0.898. The van der Waals surface area contributed by atoms with Crippen LogP contribution < -0.4 is 26.4 Å². The molecule has 1 heterocycles. The van der Waals surface area contributed by atoms with Crippen molar-refractivity contribution >= 4 is 49.6 Å². The summed E-state index contributed by atoms with van der Waals surface area (Å²) in [6, 6.07) is 29.9. The number of rotatable bonds is 7. The Morgan fingerprint density at radius 1 is 0.313 bits per heavy atom. The Labute approximate surface area is 365 Å². The standard InChI is InChI=1S/C24BF20.C20H16NS/c26-5-1(6(27)14(35)21(42)13(5)34)25(2-7(28)15(36)22(43)16(37)8(2)29,3-9(30)17(38)23(44)18(39)10(3)31)4-11(32)19(40)24(45)20(41)12(4)33;1-3-9-16(10-4-1)15-21-18-13-7-8-14-19(18)22-20(21)17-11-5-2-6-12-17/h;1-14H,15H2/q-1;+1. The molecule has 0 amide bonds. The largest absolute Gasteiger partial charge is 0.270 e. The highest BCUT2D eigenvalue weighted by molar-refractivity contribution is 7.21. The second kappa shape index (κ2) is 18.1. The molecule has 0 spiro atoms. The van der Waals surface area contributed by atoms with Gasteiger partial charge in [-0.3, -0.25) is 0 Å². The van der Waals surface area contributed by atoms with E-state index in [9.17, 15) is 52.7 Å². The topological polar surface area (TPSA) is 3.88 Å². The zero-order valence-corrected chi connectivity index (χ0v) is 33.1. The molecule has 1 aromatic heterocycles. The normalized spacial score (nSPS) is 11.6. The first-order valence-corrected chi connectivity index (χ1v) is 19.2. The number of para-hydroxylation sites is 1. The highest BCUT2D eigenvalue weighted by Gasteiger charge is 2.52. The molecule has 0 aliphatic carbocycles. The molecular formula is C44H16BF20NS. The van der Waals surface area contributed by atoms with E-state index in [1.54, 1.807) is 0 Å². The second-order valence-electron chi connectivity index (χ2n) is 14.1. The molecular weight excluding hydrogens is 965 g/mol. The molecule has 0 bridgehead atoms. The Kier molecular flexibility index (Phi) is 12.9. The monoisotopic (exact) mass is 981 g/mol. The Morgan fingerprint density at radius 2 is 0.582 bits per heavy atom. The molecule has 0 aliphatic rings. The molecule has 67 heavy (non-hydrogen) atoms. The van der Waals surface area contributed by atoms with Crippen molar-refractivity contribution in [1.29, 1.82) is 0 Å². The predicted molar refractivity (Wildman–Crippen MR) is 202 cm³/mol. The molecule has 8 aromatic rings. The summed E-state index contributed by atoms with van der Waals surface area (Å²) >= 11 is 1.86. The SMILES string of the molecule is Fc1c(F)c(F)c([B-](c2c(F)c(F)c(F)c(F)c2F)(c2c(F)c(F)c(F)c(F)c2F)c2c(F)c(F)c(F)c(F)c2F)c(F)c1F.c1ccc(C[n+]2c(-c3ccccc3)sc3ccccc32)cc1. The van der Waals surface area contributed by atoms with Gasteiger partial charge in [0.1, 0.15) is 57.4 Å².